The van der Waals surface area contributed by atoms with E-state index in [0.29, 0.717) is 0 Å². The summed E-state index contributed by atoms with van der Waals surface area (Å²) in [6, 6.07) is 4.39. The van der Waals surface area contributed by atoms with Gasteiger partial charge in [-0.3, -0.25) is 9.89 Å². The smallest absolute Gasteiger partial charge is 0.193 e. The maximum absolute atomic E-state index is 5.99. The van der Waals surface area contributed by atoms with Gasteiger partial charge in [-0.1, -0.05) is 12.8 Å². The van der Waals surface area contributed by atoms with Gasteiger partial charge in [-0.05, 0) is 43.7 Å². The van der Waals surface area contributed by atoms with Gasteiger partial charge >= 0.3 is 0 Å². The van der Waals surface area contributed by atoms with Crippen molar-refractivity contribution in [2.45, 2.75) is 38.6 Å². The van der Waals surface area contributed by atoms with Gasteiger partial charge in [0, 0.05) is 39.8 Å². The first-order valence-electron chi connectivity index (χ1n) is 10.6. The Labute approximate surface area is 186 Å². The molecule has 4 rings (SSSR count). The van der Waals surface area contributed by atoms with Crippen LogP contribution in [0.25, 0.3) is 0 Å². The van der Waals surface area contributed by atoms with E-state index in [1.54, 1.807) is 0 Å². The SMILES string of the molecule is CN=C(NCC(c1ccc(C)o1)N1CCOCC1)N1CC2CCCCC2C1.I. The van der Waals surface area contributed by atoms with Crippen molar-refractivity contribution in [1.29, 1.82) is 0 Å². The fraction of sp³-hybridized carbons (Fsp3) is 0.762. The van der Waals surface area contributed by atoms with E-state index in [0.717, 1.165) is 75.3 Å². The molecule has 1 aromatic heterocycles. The molecule has 2 aliphatic heterocycles. The average Bonchev–Trinajstić information content (AvgIpc) is 3.32. The number of ether oxygens (including phenoxy) is 1. The minimum absolute atomic E-state index is 0. The summed E-state index contributed by atoms with van der Waals surface area (Å²) >= 11 is 0. The molecule has 3 fully saturated rings. The summed E-state index contributed by atoms with van der Waals surface area (Å²) in [5.41, 5.74) is 0. The summed E-state index contributed by atoms with van der Waals surface area (Å²) in [4.78, 5) is 9.54. The minimum Gasteiger partial charge on any atom is -0.465 e. The van der Waals surface area contributed by atoms with Gasteiger partial charge in [-0.25, -0.2) is 0 Å². The predicted molar refractivity (Wildman–Crippen MR) is 122 cm³/mol. The molecule has 0 aromatic carbocycles. The minimum atomic E-state index is 0. The highest BCUT2D eigenvalue weighted by Crippen LogP contribution is 2.36. The van der Waals surface area contributed by atoms with E-state index in [9.17, 15) is 0 Å². The summed E-state index contributed by atoms with van der Waals surface area (Å²) in [7, 11) is 1.91. The van der Waals surface area contributed by atoms with Crippen LogP contribution in [0.5, 0.6) is 0 Å². The number of halogens is 1. The Hall–Kier alpha value is -0.800. The van der Waals surface area contributed by atoms with E-state index < -0.39 is 0 Å². The molecule has 6 nitrogen and oxygen atoms in total. The number of nitrogens with one attached hydrogen (secondary N) is 1. The summed E-state index contributed by atoms with van der Waals surface area (Å²) in [5, 5.41) is 3.66. The molecule has 0 radical (unpaired) electrons. The van der Waals surface area contributed by atoms with Crippen molar-refractivity contribution in [3.63, 3.8) is 0 Å². The summed E-state index contributed by atoms with van der Waals surface area (Å²) < 4.78 is 11.5. The third kappa shape index (κ3) is 5.02. The monoisotopic (exact) mass is 502 g/mol. The molecule has 0 bridgehead atoms. The molecule has 0 spiro atoms. The second-order valence-corrected chi connectivity index (χ2v) is 8.25. The average molecular weight is 502 g/mol. The fourth-order valence-corrected chi connectivity index (χ4v) is 5.03. The van der Waals surface area contributed by atoms with Crippen molar-refractivity contribution < 1.29 is 9.15 Å². The molecule has 7 heteroatoms. The largest absolute Gasteiger partial charge is 0.465 e. The Morgan fingerprint density at radius 3 is 2.43 bits per heavy atom. The number of aryl methyl sites for hydroxylation is 1. The van der Waals surface area contributed by atoms with E-state index in [2.05, 4.69) is 32.2 Å². The Morgan fingerprint density at radius 1 is 1.18 bits per heavy atom. The zero-order chi connectivity index (χ0) is 18.6. The number of likely N-dealkylation sites (tertiary alicyclic amines) is 1. The summed E-state index contributed by atoms with van der Waals surface area (Å²) in [6.07, 6.45) is 5.58. The van der Waals surface area contributed by atoms with Gasteiger partial charge < -0.3 is 19.4 Å². The number of fused-ring (bicyclic) bond motifs is 1. The highest BCUT2D eigenvalue weighted by atomic mass is 127. The Morgan fingerprint density at radius 2 is 1.86 bits per heavy atom. The van der Waals surface area contributed by atoms with Gasteiger partial charge in [0.25, 0.3) is 0 Å². The normalized spacial score (nSPS) is 27.2. The molecule has 28 heavy (non-hydrogen) atoms. The molecule has 158 valence electrons. The van der Waals surface area contributed by atoms with Crippen molar-refractivity contribution >= 4 is 29.9 Å². The molecular weight excluding hydrogens is 467 g/mol. The quantitative estimate of drug-likeness (QED) is 0.389. The van der Waals surface area contributed by atoms with Gasteiger partial charge in [-0.2, -0.15) is 0 Å². The first-order chi connectivity index (χ1) is 13.2. The maximum atomic E-state index is 5.99. The van der Waals surface area contributed by atoms with Crippen LogP contribution in [0.1, 0.15) is 43.2 Å². The number of rotatable bonds is 4. The van der Waals surface area contributed by atoms with Gasteiger partial charge in [0.05, 0.1) is 19.3 Å². The fourth-order valence-electron chi connectivity index (χ4n) is 5.03. The van der Waals surface area contributed by atoms with E-state index >= 15 is 0 Å². The van der Waals surface area contributed by atoms with Crippen LogP contribution in [0.2, 0.25) is 0 Å². The van der Waals surface area contributed by atoms with E-state index in [-0.39, 0.29) is 30.0 Å². The number of hydrogen-bond donors (Lipinski definition) is 1. The summed E-state index contributed by atoms with van der Waals surface area (Å²) in [6.45, 7) is 8.61. The van der Waals surface area contributed by atoms with Crippen LogP contribution in [0.15, 0.2) is 21.5 Å². The highest BCUT2D eigenvalue weighted by Gasteiger charge is 2.36. The number of guanidine groups is 1. The molecule has 1 aromatic rings. The number of hydrogen-bond acceptors (Lipinski definition) is 4. The van der Waals surface area contributed by atoms with E-state index in [1.165, 1.54) is 25.7 Å². The molecule has 3 unspecified atom stereocenters. The lowest BCUT2D eigenvalue weighted by molar-refractivity contribution is 0.0123. The second kappa shape index (κ2) is 10.3. The van der Waals surface area contributed by atoms with E-state index in [4.69, 9.17) is 9.15 Å². The lowest BCUT2D eigenvalue weighted by atomic mass is 9.82. The lowest BCUT2D eigenvalue weighted by Gasteiger charge is -2.34. The molecule has 2 saturated heterocycles. The molecule has 1 N–H and O–H groups in total. The van der Waals surface area contributed by atoms with Crippen molar-refractivity contribution in [3.05, 3.63) is 23.7 Å². The molecule has 3 aliphatic rings. The van der Waals surface area contributed by atoms with Gasteiger partial charge in [0.1, 0.15) is 11.5 Å². The number of aliphatic imine (C=N–C) groups is 1. The van der Waals surface area contributed by atoms with Crippen LogP contribution in [0.3, 0.4) is 0 Å². The van der Waals surface area contributed by atoms with Crippen LogP contribution in [-0.4, -0.2) is 68.7 Å². The van der Waals surface area contributed by atoms with Crippen molar-refractivity contribution in [1.82, 2.24) is 15.1 Å². The molecule has 0 amide bonds. The Bertz CT molecular complexity index is 630. The van der Waals surface area contributed by atoms with Crippen LogP contribution < -0.4 is 5.32 Å². The topological polar surface area (TPSA) is 53.2 Å². The zero-order valence-electron chi connectivity index (χ0n) is 17.2. The Kier molecular flexibility index (Phi) is 8.05. The molecule has 3 heterocycles. The number of furan rings is 1. The van der Waals surface area contributed by atoms with Crippen LogP contribution >= 0.6 is 24.0 Å². The number of nitrogens with zero attached hydrogens (tertiary/aromatic N) is 3. The standard InChI is InChI=1S/C21H34N4O2.HI/c1-16-7-8-20(27-16)19(24-9-11-26-12-10-24)13-23-21(22-2)25-14-17-5-3-4-6-18(17)15-25;/h7-8,17-19H,3-6,9-15H2,1-2H3,(H,22,23);1H. The first-order valence-corrected chi connectivity index (χ1v) is 10.6. The predicted octanol–water partition coefficient (Wildman–Crippen LogP) is 3.28. The zero-order valence-corrected chi connectivity index (χ0v) is 19.6. The third-order valence-electron chi connectivity index (χ3n) is 6.52. The molecule has 1 aliphatic carbocycles. The van der Waals surface area contributed by atoms with Crippen molar-refractivity contribution in [2.75, 3.05) is 53.0 Å². The van der Waals surface area contributed by atoms with Gasteiger partial charge in [0.15, 0.2) is 5.96 Å². The van der Waals surface area contributed by atoms with E-state index in [1.807, 2.05) is 14.0 Å². The van der Waals surface area contributed by atoms with Crippen molar-refractivity contribution in [3.8, 4) is 0 Å². The number of morpholine rings is 1. The third-order valence-corrected chi connectivity index (χ3v) is 6.52. The van der Waals surface area contributed by atoms with Gasteiger partial charge in [0.2, 0.25) is 0 Å². The van der Waals surface area contributed by atoms with Crippen LogP contribution in [0, 0.1) is 18.8 Å². The van der Waals surface area contributed by atoms with Crippen LogP contribution in [0.4, 0.5) is 0 Å². The molecular formula is C21H35IN4O2. The second-order valence-electron chi connectivity index (χ2n) is 8.25. The lowest BCUT2D eigenvalue weighted by Crippen LogP contribution is -2.47. The van der Waals surface area contributed by atoms with Crippen molar-refractivity contribution in [2.24, 2.45) is 16.8 Å². The van der Waals surface area contributed by atoms with Crippen LogP contribution in [-0.2, 0) is 4.74 Å². The molecule has 1 saturated carbocycles. The first kappa shape index (κ1) is 21.9. The molecule has 3 atom stereocenters. The van der Waals surface area contributed by atoms with Gasteiger partial charge in [-0.15, -0.1) is 24.0 Å². The maximum Gasteiger partial charge on any atom is 0.193 e. The highest BCUT2D eigenvalue weighted by molar-refractivity contribution is 14.0. The summed E-state index contributed by atoms with van der Waals surface area (Å²) in [5.74, 6) is 4.77. The Balaban J connectivity index is 0.00000225.